The lowest BCUT2D eigenvalue weighted by Gasteiger charge is -2.14. The van der Waals surface area contributed by atoms with Crippen LogP contribution >= 0.6 is 0 Å². The smallest absolute Gasteiger partial charge is 0.0294 e. The van der Waals surface area contributed by atoms with Gasteiger partial charge in [0.25, 0.3) is 0 Å². The van der Waals surface area contributed by atoms with Crippen molar-refractivity contribution in [3.8, 4) is 0 Å². The van der Waals surface area contributed by atoms with Crippen molar-refractivity contribution in [3.05, 3.63) is 35.4 Å². The van der Waals surface area contributed by atoms with Gasteiger partial charge in [-0.2, -0.15) is 0 Å². The fourth-order valence-electron chi connectivity index (χ4n) is 2.73. The van der Waals surface area contributed by atoms with Crippen LogP contribution in [0.4, 0.5) is 0 Å². The Labute approximate surface area is 126 Å². The van der Waals surface area contributed by atoms with Crippen LogP contribution in [0.25, 0.3) is 0 Å². The minimum Gasteiger partial charge on any atom is -0.324 e. The Balaban J connectivity index is 2.33. The molecule has 1 aromatic rings. The minimum absolute atomic E-state index is 0.216. The van der Waals surface area contributed by atoms with Crippen LogP contribution in [0.5, 0.6) is 0 Å². The van der Waals surface area contributed by atoms with Gasteiger partial charge in [-0.25, -0.2) is 0 Å². The highest BCUT2D eigenvalue weighted by atomic mass is 14.6. The molecule has 1 rings (SSSR count). The van der Waals surface area contributed by atoms with Gasteiger partial charge in [-0.15, -0.1) is 0 Å². The van der Waals surface area contributed by atoms with E-state index in [2.05, 4.69) is 45.0 Å². The lowest BCUT2D eigenvalue weighted by Crippen LogP contribution is -2.10. The summed E-state index contributed by atoms with van der Waals surface area (Å²) in [6.45, 7) is 6.80. The monoisotopic (exact) mass is 275 g/mol. The number of nitrogens with two attached hydrogens (primary N) is 1. The summed E-state index contributed by atoms with van der Waals surface area (Å²) in [7, 11) is 0. The third-order valence-electron chi connectivity index (χ3n) is 3.89. The van der Waals surface area contributed by atoms with Crippen LogP contribution in [-0.2, 0) is 6.42 Å². The van der Waals surface area contributed by atoms with Crippen LogP contribution in [0.15, 0.2) is 24.3 Å². The molecule has 0 fully saturated rings. The summed E-state index contributed by atoms with van der Waals surface area (Å²) in [6.07, 6.45) is 10.3. The van der Waals surface area contributed by atoms with E-state index >= 15 is 0 Å². The third kappa shape index (κ3) is 7.09. The summed E-state index contributed by atoms with van der Waals surface area (Å²) in [4.78, 5) is 0. The normalized spacial score (nSPS) is 12.8. The number of hydrogen-bond acceptors (Lipinski definition) is 1. The molecule has 0 aliphatic carbocycles. The molecule has 0 amide bonds. The summed E-state index contributed by atoms with van der Waals surface area (Å²) in [5.41, 5.74) is 9.08. The number of hydrogen-bond donors (Lipinski definition) is 1. The molecule has 0 spiro atoms. The molecule has 0 aliphatic rings. The maximum atomic E-state index is 6.34. The van der Waals surface area contributed by atoms with E-state index in [0.29, 0.717) is 5.92 Å². The first-order chi connectivity index (χ1) is 9.63. The van der Waals surface area contributed by atoms with Crippen molar-refractivity contribution in [1.82, 2.24) is 0 Å². The van der Waals surface area contributed by atoms with Crippen LogP contribution in [0.3, 0.4) is 0 Å². The van der Waals surface area contributed by atoms with E-state index in [1.807, 2.05) is 0 Å². The fraction of sp³-hybridized carbons (Fsp3) is 0.684. The van der Waals surface area contributed by atoms with Gasteiger partial charge in [-0.3, -0.25) is 0 Å². The molecule has 114 valence electrons. The maximum Gasteiger partial charge on any atom is 0.0294 e. The molecule has 1 atom stereocenters. The second kappa shape index (κ2) is 9.99. The van der Waals surface area contributed by atoms with Crippen molar-refractivity contribution in [2.45, 2.75) is 78.2 Å². The van der Waals surface area contributed by atoms with Crippen molar-refractivity contribution in [2.24, 2.45) is 11.7 Å². The molecular weight excluding hydrogens is 242 g/mol. The van der Waals surface area contributed by atoms with Crippen LogP contribution in [-0.4, -0.2) is 0 Å². The lowest BCUT2D eigenvalue weighted by molar-refractivity contribution is 0.546. The molecule has 1 unspecified atom stereocenters. The van der Waals surface area contributed by atoms with Gasteiger partial charge in [0.2, 0.25) is 0 Å². The van der Waals surface area contributed by atoms with E-state index in [1.54, 1.807) is 0 Å². The Morgan fingerprint density at radius 2 is 1.70 bits per heavy atom. The number of benzene rings is 1. The fourth-order valence-corrected chi connectivity index (χ4v) is 2.73. The second-order valence-corrected chi connectivity index (χ2v) is 6.51. The van der Waals surface area contributed by atoms with Crippen molar-refractivity contribution in [1.29, 1.82) is 0 Å². The van der Waals surface area contributed by atoms with Gasteiger partial charge in [0.15, 0.2) is 0 Å². The van der Waals surface area contributed by atoms with E-state index in [0.717, 1.165) is 12.8 Å². The molecule has 2 N–H and O–H groups in total. The van der Waals surface area contributed by atoms with Gasteiger partial charge in [0.1, 0.15) is 0 Å². The Bertz CT molecular complexity index is 357. The molecule has 0 aliphatic heterocycles. The summed E-state index contributed by atoms with van der Waals surface area (Å²) in [6, 6.07) is 9.09. The number of rotatable bonds is 10. The average Bonchev–Trinajstić information content (AvgIpc) is 2.42. The summed E-state index contributed by atoms with van der Waals surface area (Å²) < 4.78 is 0. The van der Waals surface area contributed by atoms with E-state index < -0.39 is 0 Å². The van der Waals surface area contributed by atoms with E-state index in [-0.39, 0.29) is 6.04 Å². The Morgan fingerprint density at radius 3 is 2.40 bits per heavy atom. The molecule has 0 bridgehead atoms. The molecule has 0 saturated carbocycles. The highest BCUT2D eigenvalue weighted by Gasteiger charge is 2.07. The summed E-state index contributed by atoms with van der Waals surface area (Å²) in [5.74, 6) is 0.708. The highest BCUT2D eigenvalue weighted by Crippen LogP contribution is 2.20. The summed E-state index contributed by atoms with van der Waals surface area (Å²) >= 11 is 0. The van der Waals surface area contributed by atoms with Crippen molar-refractivity contribution in [3.63, 3.8) is 0 Å². The summed E-state index contributed by atoms with van der Waals surface area (Å²) in [5, 5.41) is 0. The Morgan fingerprint density at radius 1 is 1.00 bits per heavy atom. The van der Waals surface area contributed by atoms with Gasteiger partial charge < -0.3 is 5.73 Å². The van der Waals surface area contributed by atoms with Crippen LogP contribution in [0.1, 0.15) is 82.9 Å². The average molecular weight is 275 g/mol. The standard InChI is InChI=1S/C19H33N/c1-4-5-6-7-8-9-13-19(20)18-12-10-11-17(15-18)14-16(2)3/h10-12,15-16,19H,4-9,13-14,20H2,1-3H3. The van der Waals surface area contributed by atoms with Crippen molar-refractivity contribution >= 4 is 0 Å². The topological polar surface area (TPSA) is 26.0 Å². The zero-order valence-electron chi connectivity index (χ0n) is 13.7. The van der Waals surface area contributed by atoms with Gasteiger partial charge in [-0.05, 0) is 29.9 Å². The Kier molecular flexibility index (Phi) is 8.60. The first-order valence-electron chi connectivity index (χ1n) is 8.48. The molecule has 0 heterocycles. The van der Waals surface area contributed by atoms with Gasteiger partial charge in [0.05, 0.1) is 0 Å². The minimum atomic E-state index is 0.216. The third-order valence-corrected chi connectivity index (χ3v) is 3.89. The molecule has 1 nitrogen and oxygen atoms in total. The molecule has 20 heavy (non-hydrogen) atoms. The lowest BCUT2D eigenvalue weighted by atomic mass is 9.96. The molecule has 1 heteroatoms. The largest absolute Gasteiger partial charge is 0.324 e. The van der Waals surface area contributed by atoms with E-state index in [4.69, 9.17) is 5.73 Å². The van der Waals surface area contributed by atoms with E-state index in [9.17, 15) is 0 Å². The molecular formula is C19H33N. The predicted molar refractivity (Wildman–Crippen MR) is 89.9 cm³/mol. The first-order valence-corrected chi connectivity index (χ1v) is 8.48. The highest BCUT2D eigenvalue weighted by molar-refractivity contribution is 5.26. The Hall–Kier alpha value is -0.820. The number of unbranched alkanes of at least 4 members (excludes halogenated alkanes) is 5. The van der Waals surface area contributed by atoms with Gasteiger partial charge in [-0.1, -0.05) is 83.6 Å². The molecule has 1 aromatic carbocycles. The SMILES string of the molecule is CCCCCCCCC(N)c1cccc(CC(C)C)c1. The second-order valence-electron chi connectivity index (χ2n) is 6.51. The van der Waals surface area contributed by atoms with Crippen molar-refractivity contribution in [2.75, 3.05) is 0 Å². The predicted octanol–water partition coefficient (Wildman–Crippen LogP) is 5.64. The quantitative estimate of drug-likeness (QED) is 0.550. The molecule has 0 radical (unpaired) electrons. The molecule has 0 saturated heterocycles. The van der Waals surface area contributed by atoms with Crippen LogP contribution < -0.4 is 5.73 Å². The van der Waals surface area contributed by atoms with Gasteiger partial charge >= 0.3 is 0 Å². The van der Waals surface area contributed by atoms with Crippen LogP contribution in [0.2, 0.25) is 0 Å². The van der Waals surface area contributed by atoms with E-state index in [1.165, 1.54) is 49.7 Å². The van der Waals surface area contributed by atoms with Gasteiger partial charge in [0, 0.05) is 6.04 Å². The zero-order chi connectivity index (χ0) is 14.8. The van der Waals surface area contributed by atoms with Crippen molar-refractivity contribution < 1.29 is 0 Å². The zero-order valence-corrected chi connectivity index (χ0v) is 13.7. The first kappa shape index (κ1) is 17.2. The maximum absolute atomic E-state index is 6.34. The molecule has 0 aromatic heterocycles. The van der Waals surface area contributed by atoms with Crippen LogP contribution in [0, 0.1) is 5.92 Å².